The van der Waals surface area contributed by atoms with Crippen LogP contribution in [0.1, 0.15) is 82.6 Å². The van der Waals surface area contributed by atoms with E-state index in [1.54, 1.807) is 0 Å². The molecule has 1 aliphatic heterocycles. The molecule has 0 radical (unpaired) electrons. The number of carbonyl (C=O) groups is 1. The Morgan fingerprint density at radius 3 is 2.50 bits per heavy atom. The van der Waals surface area contributed by atoms with E-state index in [0.29, 0.717) is 30.1 Å². The van der Waals surface area contributed by atoms with Crippen molar-refractivity contribution >= 4 is 17.4 Å². The van der Waals surface area contributed by atoms with Crippen LogP contribution < -0.4 is 10.6 Å². The van der Waals surface area contributed by atoms with Crippen LogP contribution in [0, 0.1) is 5.92 Å². The summed E-state index contributed by atoms with van der Waals surface area (Å²) in [5.41, 5.74) is 5.80. The first kappa shape index (κ1) is 29.2. The molecule has 0 atom stereocenters. The van der Waals surface area contributed by atoms with Gasteiger partial charge in [-0.2, -0.15) is 0 Å². The van der Waals surface area contributed by atoms with Crippen molar-refractivity contribution in [3.05, 3.63) is 88.4 Å². The fourth-order valence-electron chi connectivity index (χ4n) is 4.33. The summed E-state index contributed by atoms with van der Waals surface area (Å²) in [6.07, 6.45) is 15.5. The summed E-state index contributed by atoms with van der Waals surface area (Å²) in [6.45, 7) is 11.0. The fourth-order valence-corrected chi connectivity index (χ4v) is 4.33. The summed E-state index contributed by atoms with van der Waals surface area (Å²) in [7, 11) is 0. The van der Waals surface area contributed by atoms with Crippen LogP contribution in [0.25, 0.3) is 5.70 Å². The highest BCUT2D eigenvalue weighted by Gasteiger charge is 2.27. The Morgan fingerprint density at radius 1 is 1.16 bits per heavy atom. The predicted molar refractivity (Wildman–Crippen MR) is 157 cm³/mol. The minimum absolute atomic E-state index is 0.0989. The highest BCUT2D eigenvalue weighted by Crippen LogP contribution is 2.33. The number of carbonyl (C=O) groups excluding carboxylic acids is 1. The molecule has 1 amide bonds. The number of amidine groups is 1. The van der Waals surface area contributed by atoms with E-state index >= 15 is 0 Å². The van der Waals surface area contributed by atoms with Gasteiger partial charge in [-0.3, -0.25) is 9.79 Å². The number of hydrogen-bond acceptors (Lipinski definition) is 3. The van der Waals surface area contributed by atoms with Gasteiger partial charge in [0.1, 0.15) is 12.5 Å². The van der Waals surface area contributed by atoms with Crippen molar-refractivity contribution in [2.24, 2.45) is 10.9 Å². The number of allylic oxidation sites excluding steroid dienone is 5. The van der Waals surface area contributed by atoms with Gasteiger partial charge in [0.05, 0.1) is 17.1 Å². The van der Waals surface area contributed by atoms with Crippen molar-refractivity contribution < 1.29 is 9.18 Å². The SMILES string of the molecule is CCC/C=C1\C(=NCC(C)C)NC(C2=CCCC=C2)=CN1/C(=C(\C)CF)c1ccc(C(=O)NCCC)cc1. The predicted octanol–water partition coefficient (Wildman–Crippen LogP) is 7.29. The van der Waals surface area contributed by atoms with Crippen LogP contribution in [0.2, 0.25) is 0 Å². The molecule has 1 aromatic carbocycles. The largest absolute Gasteiger partial charge is 0.352 e. The van der Waals surface area contributed by atoms with E-state index in [-0.39, 0.29) is 5.91 Å². The number of nitrogens with one attached hydrogen (secondary N) is 2. The summed E-state index contributed by atoms with van der Waals surface area (Å²) in [5, 5.41) is 6.51. The molecule has 0 aromatic heterocycles. The molecule has 0 bridgehead atoms. The van der Waals surface area contributed by atoms with Gasteiger partial charge in [-0.05, 0) is 67.4 Å². The van der Waals surface area contributed by atoms with E-state index in [1.807, 2.05) is 38.1 Å². The van der Waals surface area contributed by atoms with Crippen LogP contribution in [0.5, 0.6) is 0 Å². The van der Waals surface area contributed by atoms with E-state index in [1.165, 1.54) is 0 Å². The van der Waals surface area contributed by atoms with Crippen LogP contribution in [0.4, 0.5) is 4.39 Å². The van der Waals surface area contributed by atoms with E-state index in [4.69, 9.17) is 4.99 Å². The first-order chi connectivity index (χ1) is 18.4. The maximum absolute atomic E-state index is 14.3. The highest BCUT2D eigenvalue weighted by molar-refractivity contribution is 6.02. The van der Waals surface area contributed by atoms with E-state index in [2.05, 4.69) is 66.8 Å². The van der Waals surface area contributed by atoms with Gasteiger partial charge in [-0.1, -0.05) is 70.6 Å². The lowest BCUT2D eigenvalue weighted by Crippen LogP contribution is -2.39. The van der Waals surface area contributed by atoms with Gasteiger partial charge in [-0.25, -0.2) is 4.39 Å². The molecule has 1 aromatic rings. The number of amides is 1. The number of unbranched alkanes of at least 4 members (excludes halogenated alkanes) is 1. The third kappa shape index (κ3) is 7.56. The Morgan fingerprint density at radius 2 is 1.89 bits per heavy atom. The molecule has 2 aliphatic rings. The third-order valence-electron chi connectivity index (χ3n) is 6.36. The minimum Gasteiger partial charge on any atom is -0.352 e. The number of aliphatic imine (C=N–C) groups is 1. The van der Waals surface area contributed by atoms with Crippen molar-refractivity contribution in [2.75, 3.05) is 19.8 Å². The zero-order chi connectivity index (χ0) is 27.5. The molecule has 204 valence electrons. The number of alkyl halides is 1. The van der Waals surface area contributed by atoms with Gasteiger partial charge in [0, 0.05) is 24.9 Å². The molecule has 2 N–H and O–H groups in total. The lowest BCUT2D eigenvalue weighted by molar-refractivity contribution is 0.0953. The summed E-state index contributed by atoms with van der Waals surface area (Å²) in [6, 6.07) is 7.45. The fraction of sp³-hybridized carbons (Fsp3) is 0.438. The maximum Gasteiger partial charge on any atom is 0.251 e. The molecular formula is C32H43FN4O. The van der Waals surface area contributed by atoms with Gasteiger partial charge in [0.25, 0.3) is 5.91 Å². The summed E-state index contributed by atoms with van der Waals surface area (Å²) < 4.78 is 14.3. The first-order valence-corrected chi connectivity index (χ1v) is 13.9. The van der Waals surface area contributed by atoms with E-state index in [0.717, 1.165) is 66.2 Å². The Hall–Kier alpha value is -3.41. The Balaban J connectivity index is 2.15. The lowest BCUT2D eigenvalue weighted by atomic mass is 10.00. The van der Waals surface area contributed by atoms with Crippen LogP contribution >= 0.6 is 0 Å². The molecule has 0 unspecified atom stereocenters. The molecular weight excluding hydrogens is 475 g/mol. The summed E-state index contributed by atoms with van der Waals surface area (Å²) in [5.74, 6) is 1.10. The molecule has 0 saturated heterocycles. The number of halogens is 1. The first-order valence-electron chi connectivity index (χ1n) is 13.9. The van der Waals surface area contributed by atoms with E-state index < -0.39 is 6.67 Å². The van der Waals surface area contributed by atoms with Gasteiger partial charge < -0.3 is 15.5 Å². The minimum atomic E-state index is -0.580. The van der Waals surface area contributed by atoms with E-state index in [9.17, 15) is 9.18 Å². The molecule has 0 fully saturated rings. The number of benzene rings is 1. The second-order valence-electron chi connectivity index (χ2n) is 10.2. The average Bonchev–Trinajstić information content (AvgIpc) is 2.94. The molecule has 0 saturated carbocycles. The zero-order valence-corrected chi connectivity index (χ0v) is 23.6. The van der Waals surface area contributed by atoms with Crippen molar-refractivity contribution in [1.29, 1.82) is 0 Å². The second-order valence-corrected chi connectivity index (χ2v) is 10.2. The summed E-state index contributed by atoms with van der Waals surface area (Å²) in [4.78, 5) is 19.5. The maximum atomic E-state index is 14.3. The number of hydrogen-bond donors (Lipinski definition) is 2. The zero-order valence-electron chi connectivity index (χ0n) is 23.6. The molecule has 5 nitrogen and oxygen atoms in total. The van der Waals surface area contributed by atoms with Gasteiger partial charge in [-0.15, -0.1) is 0 Å². The smallest absolute Gasteiger partial charge is 0.251 e. The average molecular weight is 519 g/mol. The standard InChI is InChI=1S/C32H43FN4O/c1-6-8-14-29-31(35-21-23(3)4)36-28(25-12-10-9-11-13-25)22-37(29)30(24(5)20-33)26-15-17-27(18-16-26)32(38)34-19-7-2/h10,12-18,22-23H,6-9,11,19-21H2,1-5H3,(H,34,38)(H,35,36)/b29-14+,30-24+. The molecule has 0 spiro atoms. The molecule has 1 heterocycles. The number of rotatable bonds is 11. The summed E-state index contributed by atoms with van der Waals surface area (Å²) >= 11 is 0. The van der Waals surface area contributed by atoms with Crippen molar-refractivity contribution in [1.82, 2.24) is 15.5 Å². The van der Waals surface area contributed by atoms with Crippen LogP contribution in [-0.2, 0) is 0 Å². The normalized spacial score (nSPS) is 18.3. The quantitative estimate of drug-likeness (QED) is 0.323. The highest BCUT2D eigenvalue weighted by atomic mass is 19.1. The van der Waals surface area contributed by atoms with Crippen molar-refractivity contribution in [3.8, 4) is 0 Å². The second kappa shape index (κ2) is 14.5. The van der Waals surface area contributed by atoms with Gasteiger partial charge in [0.15, 0.2) is 0 Å². The van der Waals surface area contributed by atoms with Gasteiger partial charge >= 0.3 is 0 Å². The molecule has 38 heavy (non-hydrogen) atoms. The number of nitrogens with zero attached hydrogens (tertiary/aromatic N) is 2. The Bertz CT molecular complexity index is 1150. The van der Waals surface area contributed by atoms with Crippen LogP contribution in [0.15, 0.2) is 82.3 Å². The molecule has 6 heteroatoms. The molecule has 1 aliphatic carbocycles. The Kier molecular flexibility index (Phi) is 11.1. The molecule has 3 rings (SSSR count). The van der Waals surface area contributed by atoms with Gasteiger partial charge in [0.2, 0.25) is 0 Å². The monoisotopic (exact) mass is 518 g/mol. The van der Waals surface area contributed by atoms with Crippen molar-refractivity contribution in [3.63, 3.8) is 0 Å². The van der Waals surface area contributed by atoms with Crippen LogP contribution in [0.3, 0.4) is 0 Å². The van der Waals surface area contributed by atoms with Crippen molar-refractivity contribution in [2.45, 2.75) is 66.7 Å². The Labute approximate surface area is 228 Å². The lowest BCUT2D eigenvalue weighted by Gasteiger charge is -2.35. The third-order valence-corrected chi connectivity index (χ3v) is 6.36. The topological polar surface area (TPSA) is 56.7 Å². The van der Waals surface area contributed by atoms with Crippen LogP contribution in [-0.4, -0.2) is 36.4 Å².